The lowest BCUT2D eigenvalue weighted by atomic mass is 10.4. The Morgan fingerprint density at radius 2 is 2.56 bits per heavy atom. The Morgan fingerprint density at radius 3 is 2.89 bits per heavy atom. The van der Waals surface area contributed by atoms with Gasteiger partial charge in [-0.05, 0) is 9.39 Å². The number of nitrogens with zero attached hydrogens (tertiary/aromatic N) is 1. The van der Waals surface area contributed by atoms with Gasteiger partial charge in [-0.2, -0.15) is 5.10 Å². The van der Waals surface area contributed by atoms with Gasteiger partial charge < -0.3 is 5.32 Å². The van der Waals surface area contributed by atoms with Crippen LogP contribution in [0.5, 0.6) is 0 Å². The van der Waals surface area contributed by atoms with Gasteiger partial charge in [0.05, 0.1) is 0 Å². The number of carbonyl (C=O) groups excluding carboxylic acids is 1. The minimum absolute atomic E-state index is 0.602. The van der Waals surface area contributed by atoms with Crippen molar-refractivity contribution < 1.29 is 4.79 Å². The van der Waals surface area contributed by atoms with Crippen LogP contribution in [0.25, 0.3) is 0 Å². The Kier molecular flexibility index (Phi) is 5.12. The number of carbonyl (C=O) groups is 1. The van der Waals surface area contributed by atoms with Gasteiger partial charge in [-0.3, -0.25) is 9.99 Å². The zero-order valence-corrected chi connectivity index (χ0v) is 6.37. The lowest BCUT2D eigenvalue weighted by Gasteiger charge is -1.97. The normalized spacial score (nSPS) is 10.7. The van der Waals surface area contributed by atoms with E-state index in [1.54, 1.807) is 0 Å². The van der Waals surface area contributed by atoms with Crippen LogP contribution in [-0.2, 0) is 4.79 Å². The summed E-state index contributed by atoms with van der Waals surface area (Å²) in [4.78, 5) is 9.82. The van der Waals surface area contributed by atoms with Gasteiger partial charge in [-0.15, -0.1) is 0 Å². The first-order chi connectivity index (χ1) is 4.35. The van der Waals surface area contributed by atoms with Crippen LogP contribution in [0.3, 0.4) is 0 Å². The molecule has 0 fully saturated rings. The van der Waals surface area contributed by atoms with Gasteiger partial charge in [0.1, 0.15) is 5.84 Å². The van der Waals surface area contributed by atoms with E-state index in [0.717, 1.165) is 0 Å². The predicted octanol–water partition coefficient (Wildman–Crippen LogP) is -0.164. The monoisotopic (exact) mass is 147 g/mol. The van der Waals surface area contributed by atoms with E-state index in [0.29, 0.717) is 18.7 Å². The maximum absolute atomic E-state index is 9.82. The molecule has 0 heterocycles. The Balaban J connectivity index is 3.65. The van der Waals surface area contributed by atoms with Crippen LogP contribution in [0.4, 0.5) is 0 Å². The minimum atomic E-state index is 0.602. The van der Waals surface area contributed by atoms with Crippen molar-refractivity contribution in [1.29, 1.82) is 0 Å². The zero-order valence-electron chi connectivity index (χ0n) is 5.22. The topological polar surface area (TPSA) is 53.5 Å². The Bertz CT molecular complexity index is 114. The molecule has 0 spiro atoms. The Morgan fingerprint density at radius 1 is 1.89 bits per heavy atom. The lowest BCUT2D eigenvalue weighted by molar-refractivity contribution is -0.108. The van der Waals surface area contributed by atoms with Crippen molar-refractivity contribution in [2.75, 3.05) is 0 Å². The molecule has 5 heteroatoms. The van der Waals surface area contributed by atoms with Gasteiger partial charge in [-0.25, -0.2) is 0 Å². The largest absolute Gasteiger partial charge is 0.315 e. The molecular formula is C4H10N3OP. The summed E-state index contributed by atoms with van der Waals surface area (Å²) in [5, 5.41) is 8.63. The third-order valence-electron chi connectivity index (χ3n) is 0.760. The van der Waals surface area contributed by atoms with Crippen molar-refractivity contribution in [3.63, 3.8) is 0 Å². The van der Waals surface area contributed by atoms with Gasteiger partial charge in [0, 0.05) is 6.42 Å². The standard InChI is InChI=1S/C4H10N3OP/c1-2-4(5-3-8)6-7-9/h3,7H,2,9H2,1H3,(H,5,6,8). The van der Waals surface area contributed by atoms with Crippen LogP contribution < -0.4 is 10.5 Å². The third kappa shape index (κ3) is 3.91. The van der Waals surface area contributed by atoms with Crippen molar-refractivity contribution in [2.45, 2.75) is 13.3 Å². The van der Waals surface area contributed by atoms with Crippen molar-refractivity contribution in [1.82, 2.24) is 10.5 Å². The molecule has 0 rings (SSSR count). The van der Waals surface area contributed by atoms with E-state index >= 15 is 0 Å². The van der Waals surface area contributed by atoms with Gasteiger partial charge >= 0.3 is 0 Å². The molecule has 0 aromatic rings. The molecule has 1 unspecified atom stereocenters. The number of rotatable bonds is 3. The molecular weight excluding hydrogens is 137 g/mol. The number of hydrazone groups is 1. The van der Waals surface area contributed by atoms with Crippen LogP contribution in [0.1, 0.15) is 13.3 Å². The second kappa shape index (κ2) is 5.51. The molecule has 0 radical (unpaired) electrons. The first kappa shape index (κ1) is 8.37. The van der Waals surface area contributed by atoms with Crippen LogP contribution in [0.15, 0.2) is 5.10 Å². The molecule has 0 saturated heterocycles. The first-order valence-electron chi connectivity index (χ1n) is 2.57. The zero-order chi connectivity index (χ0) is 7.11. The summed E-state index contributed by atoms with van der Waals surface area (Å²) < 4.78 is 0. The average molecular weight is 147 g/mol. The average Bonchev–Trinajstić information content (AvgIpc) is 1.88. The fourth-order valence-electron chi connectivity index (χ4n) is 0.359. The number of nitrogens with one attached hydrogen (secondary N) is 2. The van der Waals surface area contributed by atoms with E-state index in [1.807, 2.05) is 6.92 Å². The Labute approximate surface area is 56.3 Å². The number of hydrogen-bond acceptors (Lipinski definition) is 3. The van der Waals surface area contributed by atoms with E-state index in [1.165, 1.54) is 0 Å². The van der Waals surface area contributed by atoms with Crippen LogP contribution in [0.2, 0.25) is 0 Å². The summed E-state index contributed by atoms with van der Waals surface area (Å²) in [6.45, 7) is 1.90. The van der Waals surface area contributed by atoms with E-state index in [2.05, 4.69) is 25.0 Å². The molecule has 0 aromatic heterocycles. The number of amides is 1. The van der Waals surface area contributed by atoms with E-state index in [4.69, 9.17) is 0 Å². The molecule has 0 aliphatic heterocycles. The highest BCUT2D eigenvalue weighted by molar-refractivity contribution is 7.13. The maximum Gasteiger partial charge on any atom is 0.212 e. The van der Waals surface area contributed by atoms with Gasteiger partial charge in [0.25, 0.3) is 0 Å². The second-order valence-corrected chi connectivity index (χ2v) is 1.56. The summed E-state index contributed by atoms with van der Waals surface area (Å²) in [6, 6.07) is 0. The summed E-state index contributed by atoms with van der Waals surface area (Å²) >= 11 is 0. The molecule has 9 heavy (non-hydrogen) atoms. The highest BCUT2D eigenvalue weighted by atomic mass is 31.0. The van der Waals surface area contributed by atoms with E-state index in [9.17, 15) is 4.79 Å². The summed E-state index contributed by atoms with van der Waals surface area (Å²) in [5.74, 6) is 0.625. The molecule has 0 aliphatic rings. The first-order valence-corrected chi connectivity index (χ1v) is 3.15. The number of amidine groups is 1. The van der Waals surface area contributed by atoms with Crippen molar-refractivity contribution in [3.05, 3.63) is 0 Å². The lowest BCUT2D eigenvalue weighted by Crippen LogP contribution is -2.21. The van der Waals surface area contributed by atoms with Gasteiger partial charge in [-0.1, -0.05) is 6.92 Å². The van der Waals surface area contributed by atoms with E-state index in [-0.39, 0.29) is 0 Å². The van der Waals surface area contributed by atoms with Crippen LogP contribution in [0, 0.1) is 0 Å². The Hall–Kier alpha value is -0.630. The molecule has 0 saturated carbocycles. The van der Waals surface area contributed by atoms with Crippen molar-refractivity contribution in [2.24, 2.45) is 5.10 Å². The second-order valence-electron chi connectivity index (χ2n) is 1.30. The highest BCUT2D eigenvalue weighted by Gasteiger charge is 1.88. The molecule has 1 atom stereocenters. The fourth-order valence-corrected chi connectivity index (χ4v) is 0.515. The molecule has 2 N–H and O–H groups in total. The predicted molar refractivity (Wildman–Crippen MR) is 39.8 cm³/mol. The van der Waals surface area contributed by atoms with E-state index < -0.39 is 0 Å². The minimum Gasteiger partial charge on any atom is -0.315 e. The summed E-state index contributed by atoms with van der Waals surface area (Å²) in [5.41, 5.74) is 0. The summed E-state index contributed by atoms with van der Waals surface area (Å²) in [6.07, 6.45) is 1.31. The quantitative estimate of drug-likeness (QED) is 0.191. The highest BCUT2D eigenvalue weighted by Crippen LogP contribution is 1.78. The summed E-state index contributed by atoms with van der Waals surface area (Å²) in [7, 11) is 2.21. The molecule has 0 bridgehead atoms. The maximum atomic E-state index is 9.82. The fraction of sp³-hybridized carbons (Fsp3) is 0.500. The van der Waals surface area contributed by atoms with Crippen molar-refractivity contribution >= 4 is 21.6 Å². The van der Waals surface area contributed by atoms with Crippen molar-refractivity contribution in [3.8, 4) is 0 Å². The SMILES string of the molecule is CC/C(=N/NP)NC=O. The molecule has 4 nitrogen and oxygen atoms in total. The van der Waals surface area contributed by atoms with Crippen LogP contribution in [-0.4, -0.2) is 12.2 Å². The van der Waals surface area contributed by atoms with Gasteiger partial charge in [0.15, 0.2) is 0 Å². The smallest absolute Gasteiger partial charge is 0.212 e. The molecule has 0 aliphatic carbocycles. The molecule has 0 aromatic carbocycles. The number of hydrogen-bond donors (Lipinski definition) is 2. The van der Waals surface area contributed by atoms with Gasteiger partial charge in [0.2, 0.25) is 6.41 Å². The molecule has 1 amide bonds. The van der Waals surface area contributed by atoms with Crippen LogP contribution >= 0.6 is 9.39 Å². The third-order valence-corrected chi connectivity index (χ3v) is 0.889. The molecule has 52 valence electrons.